The van der Waals surface area contributed by atoms with E-state index in [1.54, 1.807) is 12.1 Å². The molecule has 0 aliphatic rings. The van der Waals surface area contributed by atoms with Gasteiger partial charge in [-0.25, -0.2) is 9.59 Å². The molecule has 8 nitrogen and oxygen atoms in total. The van der Waals surface area contributed by atoms with Gasteiger partial charge in [-0.3, -0.25) is 0 Å². The lowest BCUT2D eigenvalue weighted by Crippen LogP contribution is -2.53. The third-order valence-corrected chi connectivity index (χ3v) is 7.77. The van der Waals surface area contributed by atoms with Gasteiger partial charge in [-0.2, -0.15) is 26.3 Å². The molecule has 0 aliphatic heterocycles. The zero-order valence-corrected chi connectivity index (χ0v) is 26.9. The van der Waals surface area contributed by atoms with Gasteiger partial charge in [0.2, 0.25) is 0 Å². The van der Waals surface area contributed by atoms with Gasteiger partial charge < -0.3 is 28.4 Å². The first-order chi connectivity index (χ1) is 23.8. The molecule has 2 unspecified atom stereocenters. The standard InChI is InChI=1S/C36H32F6O8/c1-45-27-21-13-14-22-28(27)49-29(23-48-31(43)33(46-2,35(37,38)39)25-17-9-5-10-18-25)30(24-15-7-4-8-16-24)50-32(44)34(47-3,36(40,41)42)26-19-11-6-12-20-26/h4-22,29-30H,23H2,1-3H3/t29-,30-,33?,34?/m1/s1. The van der Waals surface area contributed by atoms with Gasteiger partial charge in [0.15, 0.2) is 23.7 Å². The molecule has 0 saturated heterocycles. The third kappa shape index (κ3) is 7.41. The Kier molecular flexibility index (Phi) is 11.8. The second-order valence-corrected chi connectivity index (χ2v) is 10.6. The lowest BCUT2D eigenvalue weighted by Gasteiger charge is -2.36. The molecule has 0 aromatic heterocycles. The smallest absolute Gasteiger partial charge is 0.432 e. The van der Waals surface area contributed by atoms with Gasteiger partial charge in [0.1, 0.15) is 6.61 Å². The van der Waals surface area contributed by atoms with Crippen molar-refractivity contribution in [2.45, 2.75) is 35.8 Å². The van der Waals surface area contributed by atoms with Crippen LogP contribution in [0.2, 0.25) is 0 Å². The number of carbonyl (C=O) groups excluding carboxylic acids is 2. The van der Waals surface area contributed by atoms with Gasteiger partial charge in [0, 0.05) is 25.3 Å². The molecule has 0 heterocycles. The van der Waals surface area contributed by atoms with Crippen molar-refractivity contribution in [3.8, 4) is 11.5 Å². The van der Waals surface area contributed by atoms with Crippen LogP contribution in [0.25, 0.3) is 0 Å². The molecule has 4 aromatic rings. The molecule has 50 heavy (non-hydrogen) atoms. The minimum Gasteiger partial charge on any atom is -0.493 e. The van der Waals surface area contributed by atoms with Crippen molar-refractivity contribution in [1.29, 1.82) is 0 Å². The number of halogens is 6. The van der Waals surface area contributed by atoms with Crippen molar-refractivity contribution in [3.63, 3.8) is 0 Å². The summed E-state index contributed by atoms with van der Waals surface area (Å²) in [6.45, 7) is -1.09. The van der Waals surface area contributed by atoms with Crippen LogP contribution in [0, 0.1) is 0 Å². The second kappa shape index (κ2) is 15.6. The van der Waals surface area contributed by atoms with Crippen LogP contribution in [-0.2, 0) is 39.7 Å². The molecule has 4 atom stereocenters. The van der Waals surface area contributed by atoms with Crippen LogP contribution in [0.5, 0.6) is 11.5 Å². The largest absolute Gasteiger partial charge is 0.493 e. The number of benzene rings is 4. The predicted octanol–water partition coefficient (Wildman–Crippen LogP) is 7.48. The molecule has 0 saturated carbocycles. The first-order valence-electron chi connectivity index (χ1n) is 14.8. The number of alkyl halides is 6. The topological polar surface area (TPSA) is 89.5 Å². The monoisotopic (exact) mass is 706 g/mol. The molecule has 4 aromatic carbocycles. The Balaban J connectivity index is 1.84. The van der Waals surface area contributed by atoms with Gasteiger partial charge in [-0.1, -0.05) is 103 Å². The minimum absolute atomic E-state index is 0.0360. The predicted molar refractivity (Wildman–Crippen MR) is 166 cm³/mol. The summed E-state index contributed by atoms with van der Waals surface area (Å²) in [6, 6.07) is 25.2. The van der Waals surface area contributed by atoms with Crippen LogP contribution in [-0.4, -0.2) is 58.3 Å². The summed E-state index contributed by atoms with van der Waals surface area (Å²) < 4.78 is 120. The van der Waals surface area contributed by atoms with Crippen molar-refractivity contribution >= 4 is 11.9 Å². The van der Waals surface area contributed by atoms with Crippen LogP contribution in [0.4, 0.5) is 26.3 Å². The van der Waals surface area contributed by atoms with Crippen LogP contribution < -0.4 is 9.47 Å². The molecular weight excluding hydrogens is 674 g/mol. The average Bonchev–Trinajstić information content (AvgIpc) is 3.10. The molecule has 0 aliphatic carbocycles. The van der Waals surface area contributed by atoms with E-state index in [4.69, 9.17) is 28.4 Å². The van der Waals surface area contributed by atoms with Crippen molar-refractivity contribution in [1.82, 2.24) is 0 Å². The third-order valence-electron chi connectivity index (χ3n) is 7.77. The zero-order chi connectivity index (χ0) is 36.6. The normalized spacial score (nSPS) is 15.5. The number of ether oxygens (including phenoxy) is 6. The lowest BCUT2D eigenvalue weighted by atomic mass is 9.92. The minimum atomic E-state index is -5.37. The number of carbonyl (C=O) groups is 2. The fraction of sp³-hybridized carbons (Fsp3) is 0.278. The molecule has 0 bridgehead atoms. The molecule has 14 heteroatoms. The van der Waals surface area contributed by atoms with Crippen LogP contribution >= 0.6 is 0 Å². The van der Waals surface area contributed by atoms with Gasteiger partial charge in [0.25, 0.3) is 11.2 Å². The van der Waals surface area contributed by atoms with Gasteiger partial charge >= 0.3 is 24.3 Å². The number of esters is 2. The van der Waals surface area contributed by atoms with Crippen molar-refractivity contribution in [3.05, 3.63) is 132 Å². The van der Waals surface area contributed by atoms with Gasteiger partial charge in [-0.15, -0.1) is 0 Å². The highest BCUT2D eigenvalue weighted by atomic mass is 19.4. The van der Waals surface area contributed by atoms with Gasteiger partial charge in [0.05, 0.1) is 7.11 Å². The summed E-state index contributed by atoms with van der Waals surface area (Å²) in [7, 11) is 2.64. The van der Waals surface area contributed by atoms with E-state index in [1.165, 1.54) is 86.0 Å². The number of hydrogen-bond donors (Lipinski definition) is 0. The number of hydrogen-bond acceptors (Lipinski definition) is 8. The second-order valence-electron chi connectivity index (χ2n) is 10.6. The molecule has 0 N–H and O–H groups in total. The highest BCUT2D eigenvalue weighted by Crippen LogP contribution is 2.46. The first kappa shape index (κ1) is 37.7. The summed E-state index contributed by atoms with van der Waals surface area (Å²) in [4.78, 5) is 27.3. The Morgan fingerprint density at radius 2 is 1.00 bits per heavy atom. The summed E-state index contributed by atoms with van der Waals surface area (Å²) in [5, 5.41) is 0. The summed E-state index contributed by atoms with van der Waals surface area (Å²) >= 11 is 0. The van der Waals surface area contributed by atoms with Crippen LogP contribution in [0.1, 0.15) is 22.8 Å². The Bertz CT molecular complexity index is 1700. The molecular formula is C36H32F6O8. The average molecular weight is 707 g/mol. The number of para-hydroxylation sites is 2. The van der Waals surface area contributed by atoms with Crippen molar-refractivity contribution in [2.24, 2.45) is 0 Å². The Morgan fingerprint density at radius 1 is 0.580 bits per heavy atom. The van der Waals surface area contributed by atoms with E-state index in [0.29, 0.717) is 14.2 Å². The zero-order valence-electron chi connectivity index (χ0n) is 26.9. The quantitative estimate of drug-likeness (QED) is 0.0986. The molecule has 0 radical (unpaired) electrons. The molecule has 0 spiro atoms. The van der Waals surface area contributed by atoms with E-state index >= 15 is 0 Å². The Hall–Kier alpha value is -5.08. The number of methoxy groups -OCH3 is 3. The lowest BCUT2D eigenvalue weighted by molar-refractivity contribution is -0.280. The highest BCUT2D eigenvalue weighted by molar-refractivity contribution is 5.83. The Labute approximate surface area is 283 Å². The van der Waals surface area contributed by atoms with Crippen LogP contribution in [0.15, 0.2) is 115 Å². The summed E-state index contributed by atoms with van der Waals surface area (Å²) in [5.41, 5.74) is -8.45. The number of rotatable bonds is 14. The van der Waals surface area contributed by atoms with Crippen LogP contribution in [0.3, 0.4) is 0 Å². The van der Waals surface area contributed by atoms with Crippen molar-refractivity contribution < 1.29 is 64.4 Å². The Morgan fingerprint density at radius 3 is 1.44 bits per heavy atom. The van der Waals surface area contributed by atoms with E-state index in [1.807, 2.05) is 0 Å². The molecule has 0 fully saturated rings. The van der Waals surface area contributed by atoms with Gasteiger partial charge in [-0.05, 0) is 17.7 Å². The van der Waals surface area contributed by atoms with E-state index < -0.39 is 65.4 Å². The summed E-state index contributed by atoms with van der Waals surface area (Å²) in [6.07, 6.45) is -14.3. The maximum atomic E-state index is 14.8. The molecule has 0 amide bonds. The maximum absolute atomic E-state index is 14.8. The molecule has 266 valence electrons. The fourth-order valence-electron chi connectivity index (χ4n) is 5.30. The SMILES string of the molecule is COc1ccccc1O[C@H](COC(=O)C(OC)(c1ccccc1)C(F)(F)F)[C@H](OC(=O)C(OC)(c1ccccc1)C(F)(F)F)c1ccccc1. The van der Waals surface area contributed by atoms with E-state index in [2.05, 4.69) is 0 Å². The first-order valence-corrected chi connectivity index (χ1v) is 14.8. The van der Waals surface area contributed by atoms with E-state index in [9.17, 15) is 35.9 Å². The summed E-state index contributed by atoms with van der Waals surface area (Å²) in [5.74, 6) is -3.82. The maximum Gasteiger partial charge on any atom is 0.432 e. The molecule has 4 rings (SSSR count). The van der Waals surface area contributed by atoms with Crippen molar-refractivity contribution in [2.75, 3.05) is 27.9 Å². The fourth-order valence-corrected chi connectivity index (χ4v) is 5.30. The van der Waals surface area contributed by atoms with E-state index in [-0.39, 0.29) is 17.1 Å². The van der Waals surface area contributed by atoms with E-state index in [0.717, 1.165) is 24.3 Å². The highest BCUT2D eigenvalue weighted by Gasteiger charge is 2.65.